The Kier molecular flexibility index (Phi) is 7.22. The summed E-state index contributed by atoms with van der Waals surface area (Å²) in [6.45, 7) is 8.84. The minimum absolute atomic E-state index is 0.0307. The molecule has 0 radical (unpaired) electrons. The predicted molar refractivity (Wildman–Crippen MR) is 149 cm³/mol. The third kappa shape index (κ3) is 5.35. The molecule has 2 amide bonds. The van der Waals surface area contributed by atoms with Crippen LogP contribution in [-0.4, -0.2) is 41.2 Å². The van der Waals surface area contributed by atoms with Crippen molar-refractivity contribution in [3.8, 4) is 11.1 Å². The van der Waals surface area contributed by atoms with Gasteiger partial charge in [0.15, 0.2) is 11.3 Å². The zero-order valence-corrected chi connectivity index (χ0v) is 24.6. The van der Waals surface area contributed by atoms with Crippen molar-refractivity contribution >= 4 is 44.7 Å². The first-order chi connectivity index (χ1) is 20.3. The van der Waals surface area contributed by atoms with Crippen LogP contribution in [0.5, 0.6) is 0 Å². The number of aromatic nitrogens is 6. The standard InChI is InChI=1S/C27H24F6N8O2S/c1-6-40-11(2)13(10-35-40)12-7-16(26(28,29)30)37-24-19(12)20(21(44-24)22(34)42)38-23(43)14-8-18-36-15(25(3,4)5)9-17(27(31,32)33)41(18)39-14/h7-10H,6H2,1-5H3,(H2,34,42)(H,38,43). The number of primary amides is 1. The molecule has 0 aliphatic heterocycles. The number of nitrogens with two attached hydrogens (primary N) is 1. The van der Waals surface area contributed by atoms with Gasteiger partial charge >= 0.3 is 12.4 Å². The number of nitrogens with zero attached hydrogens (tertiary/aromatic N) is 6. The van der Waals surface area contributed by atoms with E-state index in [2.05, 4.69) is 25.5 Å². The van der Waals surface area contributed by atoms with Crippen molar-refractivity contribution in [3.63, 3.8) is 0 Å². The molecule has 0 spiro atoms. The number of nitrogens with one attached hydrogen (secondary N) is 1. The lowest BCUT2D eigenvalue weighted by atomic mass is 9.91. The number of hydrogen-bond acceptors (Lipinski definition) is 7. The highest BCUT2D eigenvalue weighted by atomic mass is 32.1. The van der Waals surface area contributed by atoms with E-state index in [1.54, 1.807) is 39.3 Å². The topological polar surface area (TPSA) is 133 Å². The Bertz CT molecular complexity index is 1960. The molecule has 0 saturated carbocycles. The average Bonchev–Trinajstić information content (AvgIpc) is 3.60. The van der Waals surface area contributed by atoms with Crippen LogP contribution >= 0.6 is 11.3 Å². The van der Waals surface area contributed by atoms with E-state index in [1.807, 2.05) is 0 Å². The fourth-order valence-corrected chi connectivity index (χ4v) is 5.63. The molecular weight excluding hydrogens is 614 g/mol. The number of aryl methyl sites for hydroxylation is 1. The predicted octanol–water partition coefficient (Wildman–Crippen LogP) is 6.22. The number of amides is 2. The molecule has 232 valence electrons. The summed E-state index contributed by atoms with van der Waals surface area (Å²) in [4.78, 5) is 33.3. The number of carbonyl (C=O) groups is 2. The van der Waals surface area contributed by atoms with Crippen molar-refractivity contribution in [3.05, 3.63) is 57.7 Å². The van der Waals surface area contributed by atoms with Gasteiger partial charge in [0, 0.05) is 34.7 Å². The number of hydrogen-bond donors (Lipinski definition) is 2. The molecule has 0 atom stereocenters. The highest BCUT2D eigenvalue weighted by Gasteiger charge is 2.38. The zero-order valence-electron chi connectivity index (χ0n) is 23.8. The largest absolute Gasteiger partial charge is 0.433 e. The Morgan fingerprint density at radius 2 is 1.66 bits per heavy atom. The van der Waals surface area contributed by atoms with E-state index in [0.29, 0.717) is 28.1 Å². The Hall–Kier alpha value is -4.54. The second kappa shape index (κ2) is 10.3. The van der Waals surface area contributed by atoms with Gasteiger partial charge in [-0.1, -0.05) is 20.8 Å². The first-order valence-corrected chi connectivity index (χ1v) is 13.8. The first kappa shape index (κ1) is 30.9. The lowest BCUT2D eigenvalue weighted by Crippen LogP contribution is -2.20. The molecule has 5 heterocycles. The van der Waals surface area contributed by atoms with E-state index in [4.69, 9.17) is 5.73 Å². The summed E-state index contributed by atoms with van der Waals surface area (Å²) in [5.74, 6) is -2.13. The maximum atomic E-state index is 14.0. The monoisotopic (exact) mass is 638 g/mol. The second-order valence-corrected chi connectivity index (χ2v) is 11.9. The van der Waals surface area contributed by atoms with Crippen LogP contribution < -0.4 is 11.1 Å². The van der Waals surface area contributed by atoms with Crippen LogP contribution in [0.1, 0.15) is 70.6 Å². The van der Waals surface area contributed by atoms with Crippen molar-refractivity contribution in [1.29, 1.82) is 0 Å². The molecule has 0 aliphatic carbocycles. The van der Waals surface area contributed by atoms with Crippen molar-refractivity contribution in [1.82, 2.24) is 29.4 Å². The SMILES string of the molecule is CCn1ncc(-c2cc(C(F)(F)F)nc3sc(C(N)=O)c(NC(=O)c4cc5nc(C(C)(C)C)cc(C(F)(F)F)n5n4)c23)c1C. The molecule has 0 fully saturated rings. The number of pyridine rings is 1. The molecule has 0 bridgehead atoms. The molecule has 44 heavy (non-hydrogen) atoms. The summed E-state index contributed by atoms with van der Waals surface area (Å²) in [6, 6.07) is 2.65. The molecule has 0 unspecified atom stereocenters. The van der Waals surface area contributed by atoms with Crippen molar-refractivity contribution < 1.29 is 35.9 Å². The third-order valence-corrected chi connectivity index (χ3v) is 7.92. The first-order valence-electron chi connectivity index (χ1n) is 13.0. The lowest BCUT2D eigenvalue weighted by Gasteiger charge is -2.19. The number of thiophene rings is 1. The van der Waals surface area contributed by atoms with Gasteiger partial charge in [-0.3, -0.25) is 14.3 Å². The van der Waals surface area contributed by atoms with Crippen molar-refractivity contribution in [2.45, 2.75) is 58.9 Å². The summed E-state index contributed by atoms with van der Waals surface area (Å²) < 4.78 is 85.5. The maximum absolute atomic E-state index is 14.0. The lowest BCUT2D eigenvalue weighted by molar-refractivity contribution is -0.143. The Balaban J connectivity index is 1.72. The molecule has 3 N–H and O–H groups in total. The molecule has 17 heteroatoms. The number of rotatable bonds is 5. The molecule has 10 nitrogen and oxygen atoms in total. The van der Waals surface area contributed by atoms with Crippen LogP contribution in [0.15, 0.2) is 24.4 Å². The van der Waals surface area contributed by atoms with Gasteiger partial charge in [-0.15, -0.1) is 11.3 Å². The summed E-state index contributed by atoms with van der Waals surface area (Å²) >= 11 is 0.528. The van der Waals surface area contributed by atoms with Gasteiger partial charge in [-0.2, -0.15) is 36.5 Å². The number of carbonyl (C=O) groups excluding carboxylic acids is 2. The van der Waals surface area contributed by atoms with E-state index < -0.39 is 46.7 Å². The van der Waals surface area contributed by atoms with E-state index in [1.165, 1.54) is 6.20 Å². The van der Waals surface area contributed by atoms with E-state index in [0.717, 1.165) is 18.2 Å². The molecule has 5 aromatic heterocycles. The van der Waals surface area contributed by atoms with Crippen LogP contribution in [0.25, 0.3) is 27.0 Å². The zero-order chi connectivity index (χ0) is 32.5. The normalized spacial score (nSPS) is 12.8. The molecular formula is C27H24F6N8O2S. The van der Waals surface area contributed by atoms with Gasteiger partial charge in [0.2, 0.25) is 0 Å². The van der Waals surface area contributed by atoms with Crippen LogP contribution in [0.3, 0.4) is 0 Å². The van der Waals surface area contributed by atoms with Crippen LogP contribution in [-0.2, 0) is 24.3 Å². The van der Waals surface area contributed by atoms with Crippen LogP contribution in [0.4, 0.5) is 32.0 Å². The highest BCUT2D eigenvalue weighted by molar-refractivity contribution is 7.21. The Morgan fingerprint density at radius 1 is 0.977 bits per heavy atom. The van der Waals surface area contributed by atoms with E-state index >= 15 is 0 Å². The highest BCUT2D eigenvalue weighted by Crippen LogP contribution is 2.44. The molecule has 0 aromatic carbocycles. The fourth-order valence-electron chi connectivity index (χ4n) is 4.63. The summed E-state index contributed by atoms with van der Waals surface area (Å²) in [5.41, 5.74) is 2.16. The smallest absolute Gasteiger partial charge is 0.365 e. The van der Waals surface area contributed by atoms with E-state index in [9.17, 15) is 35.9 Å². The fraction of sp³-hybridized carbons (Fsp3) is 0.333. The van der Waals surface area contributed by atoms with Gasteiger partial charge in [-0.05, 0) is 31.5 Å². The van der Waals surface area contributed by atoms with Gasteiger partial charge < -0.3 is 11.1 Å². The summed E-state index contributed by atoms with van der Waals surface area (Å²) in [5, 5.41) is 10.4. The van der Waals surface area contributed by atoms with Gasteiger partial charge in [0.05, 0.1) is 17.6 Å². The Morgan fingerprint density at radius 3 is 2.20 bits per heavy atom. The Labute approximate surface area is 248 Å². The van der Waals surface area contributed by atoms with Gasteiger partial charge in [0.25, 0.3) is 11.8 Å². The average molecular weight is 639 g/mol. The molecule has 0 saturated heterocycles. The summed E-state index contributed by atoms with van der Waals surface area (Å²) in [7, 11) is 0. The minimum atomic E-state index is -4.86. The number of halogens is 6. The molecule has 5 rings (SSSR count). The number of fused-ring (bicyclic) bond motifs is 2. The van der Waals surface area contributed by atoms with Crippen LogP contribution in [0, 0.1) is 6.92 Å². The summed E-state index contributed by atoms with van der Waals surface area (Å²) in [6.07, 6.45) is -8.36. The molecule has 5 aromatic rings. The maximum Gasteiger partial charge on any atom is 0.433 e. The second-order valence-electron chi connectivity index (χ2n) is 10.9. The van der Waals surface area contributed by atoms with Crippen molar-refractivity contribution in [2.75, 3.05) is 5.32 Å². The van der Waals surface area contributed by atoms with E-state index in [-0.39, 0.29) is 43.2 Å². The minimum Gasteiger partial charge on any atom is -0.365 e. The molecule has 0 aliphatic rings. The number of anilines is 1. The van der Waals surface area contributed by atoms with Crippen molar-refractivity contribution in [2.24, 2.45) is 5.73 Å². The third-order valence-electron chi connectivity index (χ3n) is 6.83. The number of alkyl halides is 6. The van der Waals surface area contributed by atoms with Gasteiger partial charge in [-0.25, -0.2) is 14.5 Å². The van der Waals surface area contributed by atoms with Crippen LogP contribution in [0.2, 0.25) is 0 Å². The van der Waals surface area contributed by atoms with Gasteiger partial charge in [0.1, 0.15) is 21.1 Å². The quantitative estimate of drug-likeness (QED) is 0.220.